The number of nitrogens with one attached hydrogen (secondary N) is 1. The molecule has 1 saturated heterocycles. The maximum atomic E-state index is 9.44. The predicted molar refractivity (Wildman–Crippen MR) is 69.1 cm³/mol. The quantitative estimate of drug-likeness (QED) is 0.749. The molecule has 0 amide bonds. The summed E-state index contributed by atoms with van der Waals surface area (Å²) in [7, 11) is 0. The highest BCUT2D eigenvalue weighted by Crippen LogP contribution is 2.39. The van der Waals surface area contributed by atoms with Crippen molar-refractivity contribution in [1.29, 1.82) is 5.26 Å². The first-order valence-corrected chi connectivity index (χ1v) is 7.12. The van der Waals surface area contributed by atoms with Crippen molar-refractivity contribution in [1.82, 2.24) is 5.32 Å². The second-order valence-electron chi connectivity index (χ2n) is 5.46. The summed E-state index contributed by atoms with van der Waals surface area (Å²) in [5.41, 5.74) is -0.445. The van der Waals surface area contributed by atoms with Gasteiger partial charge in [-0.2, -0.15) is 5.26 Å². The number of hydrogen-bond acceptors (Lipinski definition) is 4. The molecule has 1 atom stereocenters. The van der Waals surface area contributed by atoms with Crippen LogP contribution >= 0.6 is 0 Å². The van der Waals surface area contributed by atoms with Gasteiger partial charge in [-0.05, 0) is 44.1 Å². The van der Waals surface area contributed by atoms with Gasteiger partial charge in [0.25, 0.3) is 0 Å². The Hall–Kier alpha value is -0.630. The summed E-state index contributed by atoms with van der Waals surface area (Å²) < 4.78 is 11.2. The minimum absolute atomic E-state index is 0.445. The molecule has 0 aromatic rings. The fourth-order valence-corrected chi connectivity index (χ4v) is 2.67. The Morgan fingerprint density at radius 3 is 2.61 bits per heavy atom. The third-order valence-corrected chi connectivity index (χ3v) is 3.99. The van der Waals surface area contributed by atoms with Gasteiger partial charge in [0.15, 0.2) is 0 Å². The third-order valence-electron chi connectivity index (χ3n) is 3.99. The van der Waals surface area contributed by atoms with Crippen molar-refractivity contribution in [2.75, 3.05) is 33.0 Å². The van der Waals surface area contributed by atoms with Crippen LogP contribution in [0.2, 0.25) is 0 Å². The number of rotatable bonds is 7. The van der Waals surface area contributed by atoms with Crippen molar-refractivity contribution in [3.8, 4) is 6.07 Å². The summed E-state index contributed by atoms with van der Waals surface area (Å²) in [6, 6.07) is 2.46. The van der Waals surface area contributed by atoms with Crippen LogP contribution < -0.4 is 5.32 Å². The first-order valence-electron chi connectivity index (χ1n) is 7.12. The molecule has 0 aromatic carbocycles. The average Bonchev–Trinajstić information content (AvgIpc) is 3.24. The van der Waals surface area contributed by atoms with Crippen LogP contribution in [0.5, 0.6) is 0 Å². The number of hydrogen-bond donors (Lipinski definition) is 1. The maximum absolute atomic E-state index is 9.44. The molecule has 1 aliphatic carbocycles. The van der Waals surface area contributed by atoms with E-state index in [1.807, 2.05) is 6.92 Å². The molecule has 0 spiro atoms. The summed E-state index contributed by atoms with van der Waals surface area (Å²) in [6.07, 6.45) is 4.48. The normalized spacial score (nSPS) is 24.4. The van der Waals surface area contributed by atoms with E-state index in [4.69, 9.17) is 9.47 Å². The summed E-state index contributed by atoms with van der Waals surface area (Å²) in [4.78, 5) is 0. The molecule has 2 fully saturated rings. The lowest BCUT2D eigenvalue weighted by molar-refractivity contribution is 0.00650. The van der Waals surface area contributed by atoms with Gasteiger partial charge < -0.3 is 9.47 Å². The lowest BCUT2D eigenvalue weighted by Crippen LogP contribution is -2.50. The largest absolute Gasteiger partial charge is 0.381 e. The monoisotopic (exact) mass is 252 g/mol. The smallest absolute Gasteiger partial charge is 0.133 e. The first-order chi connectivity index (χ1) is 8.80. The van der Waals surface area contributed by atoms with Crippen LogP contribution in [0, 0.1) is 23.2 Å². The van der Waals surface area contributed by atoms with Crippen LogP contribution in [0.25, 0.3) is 0 Å². The van der Waals surface area contributed by atoms with E-state index in [-0.39, 0.29) is 0 Å². The number of ether oxygens (including phenoxy) is 2. The molecule has 4 nitrogen and oxygen atoms in total. The van der Waals surface area contributed by atoms with Crippen molar-refractivity contribution >= 4 is 0 Å². The van der Waals surface area contributed by atoms with Gasteiger partial charge in [-0.3, -0.25) is 5.32 Å². The standard InChI is InChI=1S/C14H24N2O2/c1-2-16-14(10-15,13-3-4-13)11-18-9-12-5-7-17-8-6-12/h12-13,16H,2-9,11H2,1H3. The Balaban J connectivity index is 1.76. The SMILES string of the molecule is CCNC(C#N)(COCC1CCOCC1)C1CC1. The molecule has 1 heterocycles. The van der Waals surface area contributed by atoms with Gasteiger partial charge in [-0.1, -0.05) is 6.92 Å². The molecule has 1 unspecified atom stereocenters. The molecular formula is C14H24N2O2. The zero-order valence-corrected chi connectivity index (χ0v) is 11.3. The Morgan fingerprint density at radius 2 is 2.06 bits per heavy atom. The number of likely N-dealkylation sites (N-methyl/N-ethyl adjacent to an activating group) is 1. The zero-order chi connectivity index (χ0) is 12.8. The lowest BCUT2D eigenvalue weighted by Gasteiger charge is -2.29. The van der Waals surface area contributed by atoms with E-state index in [9.17, 15) is 5.26 Å². The van der Waals surface area contributed by atoms with Crippen LogP contribution in [0.4, 0.5) is 0 Å². The van der Waals surface area contributed by atoms with Gasteiger partial charge >= 0.3 is 0 Å². The Labute approximate surface area is 110 Å². The second kappa shape index (κ2) is 6.51. The van der Waals surface area contributed by atoms with Crippen LogP contribution in [-0.2, 0) is 9.47 Å². The fourth-order valence-electron chi connectivity index (χ4n) is 2.67. The molecule has 102 valence electrons. The summed E-state index contributed by atoms with van der Waals surface area (Å²) >= 11 is 0. The highest BCUT2D eigenvalue weighted by Gasteiger charge is 2.45. The molecule has 1 saturated carbocycles. The van der Waals surface area contributed by atoms with E-state index in [1.54, 1.807) is 0 Å². The van der Waals surface area contributed by atoms with Gasteiger partial charge in [-0.25, -0.2) is 0 Å². The van der Waals surface area contributed by atoms with E-state index in [0.29, 0.717) is 18.4 Å². The number of nitrogens with zero attached hydrogens (tertiary/aromatic N) is 1. The van der Waals surface area contributed by atoms with E-state index < -0.39 is 5.54 Å². The second-order valence-corrected chi connectivity index (χ2v) is 5.46. The molecule has 4 heteroatoms. The number of nitriles is 1. The van der Waals surface area contributed by atoms with E-state index in [0.717, 1.165) is 52.0 Å². The minimum atomic E-state index is -0.445. The Kier molecular flexibility index (Phi) is 4.99. The van der Waals surface area contributed by atoms with Crippen LogP contribution in [0.3, 0.4) is 0 Å². The highest BCUT2D eigenvalue weighted by molar-refractivity contribution is 5.15. The maximum Gasteiger partial charge on any atom is 0.133 e. The highest BCUT2D eigenvalue weighted by atomic mass is 16.5. The van der Waals surface area contributed by atoms with Gasteiger partial charge in [0.05, 0.1) is 12.7 Å². The molecule has 0 aromatic heterocycles. The van der Waals surface area contributed by atoms with Crippen LogP contribution in [0.15, 0.2) is 0 Å². The fraction of sp³-hybridized carbons (Fsp3) is 0.929. The molecule has 0 bridgehead atoms. The first kappa shape index (κ1) is 13.8. The average molecular weight is 252 g/mol. The molecule has 2 aliphatic rings. The van der Waals surface area contributed by atoms with Gasteiger partial charge in [0, 0.05) is 19.8 Å². The van der Waals surface area contributed by atoms with Crippen LogP contribution in [-0.4, -0.2) is 38.5 Å². The van der Waals surface area contributed by atoms with Crippen LogP contribution in [0.1, 0.15) is 32.6 Å². The van der Waals surface area contributed by atoms with Gasteiger partial charge in [-0.15, -0.1) is 0 Å². The molecule has 18 heavy (non-hydrogen) atoms. The van der Waals surface area contributed by atoms with Gasteiger partial charge in [0.2, 0.25) is 0 Å². The molecule has 2 rings (SSSR count). The molecule has 0 radical (unpaired) electrons. The van der Waals surface area contributed by atoms with E-state index in [2.05, 4.69) is 11.4 Å². The van der Waals surface area contributed by atoms with Crippen molar-refractivity contribution in [3.05, 3.63) is 0 Å². The van der Waals surface area contributed by atoms with E-state index in [1.165, 1.54) is 0 Å². The molecular weight excluding hydrogens is 228 g/mol. The van der Waals surface area contributed by atoms with E-state index >= 15 is 0 Å². The topological polar surface area (TPSA) is 54.3 Å². The van der Waals surface area contributed by atoms with Crippen molar-refractivity contribution < 1.29 is 9.47 Å². The minimum Gasteiger partial charge on any atom is -0.381 e. The zero-order valence-electron chi connectivity index (χ0n) is 11.3. The van der Waals surface area contributed by atoms with Crippen molar-refractivity contribution in [2.45, 2.75) is 38.1 Å². The summed E-state index contributed by atoms with van der Waals surface area (Å²) in [6.45, 7) is 5.88. The molecule has 1 N–H and O–H groups in total. The van der Waals surface area contributed by atoms with Crippen molar-refractivity contribution in [2.24, 2.45) is 11.8 Å². The van der Waals surface area contributed by atoms with Gasteiger partial charge in [0.1, 0.15) is 5.54 Å². The third kappa shape index (κ3) is 3.44. The Bertz CT molecular complexity index is 293. The molecule has 1 aliphatic heterocycles. The predicted octanol–water partition coefficient (Wildman–Crippen LogP) is 1.71. The Morgan fingerprint density at radius 1 is 1.33 bits per heavy atom. The summed E-state index contributed by atoms with van der Waals surface area (Å²) in [5, 5.41) is 12.8. The summed E-state index contributed by atoms with van der Waals surface area (Å²) in [5.74, 6) is 1.09. The van der Waals surface area contributed by atoms with Crippen molar-refractivity contribution in [3.63, 3.8) is 0 Å². The lowest BCUT2D eigenvalue weighted by atomic mass is 9.96.